The van der Waals surface area contributed by atoms with E-state index in [1.165, 1.54) is 29.7 Å². The van der Waals surface area contributed by atoms with Gasteiger partial charge in [-0.3, -0.25) is 4.79 Å². The van der Waals surface area contributed by atoms with Crippen molar-refractivity contribution in [3.05, 3.63) is 51.6 Å². The van der Waals surface area contributed by atoms with Crippen molar-refractivity contribution in [3.8, 4) is 22.9 Å². The molecule has 1 aliphatic rings. The molecule has 8 heteroatoms. The Bertz CT molecular complexity index is 1170. The van der Waals surface area contributed by atoms with Gasteiger partial charge in [-0.1, -0.05) is 0 Å². The third-order valence-corrected chi connectivity index (χ3v) is 4.18. The molecule has 1 aliphatic heterocycles. The second-order valence-corrected chi connectivity index (χ2v) is 5.76. The van der Waals surface area contributed by atoms with Gasteiger partial charge in [0.1, 0.15) is 16.8 Å². The van der Waals surface area contributed by atoms with Gasteiger partial charge in [-0.15, -0.1) is 0 Å². The van der Waals surface area contributed by atoms with E-state index in [9.17, 15) is 24.2 Å². The number of carboxylic acid groups (broad SMARTS) is 1. The topological polar surface area (TPSA) is 115 Å². The molecule has 0 amide bonds. The molecule has 0 fully saturated rings. The molecule has 0 unspecified atom stereocenters. The Kier molecular flexibility index (Phi) is 2.84. The third kappa shape index (κ3) is 1.90. The van der Waals surface area contributed by atoms with Crippen LogP contribution >= 0.6 is 0 Å². The zero-order valence-electron chi connectivity index (χ0n) is 12.8. The van der Waals surface area contributed by atoms with Gasteiger partial charge in [0, 0.05) is 18.3 Å². The lowest BCUT2D eigenvalue weighted by atomic mass is 10.0. The maximum atomic E-state index is 14.6. The van der Waals surface area contributed by atoms with Crippen molar-refractivity contribution in [1.82, 2.24) is 4.57 Å². The fraction of sp³-hybridized carbons (Fsp3) is 0.0588. The number of pyridine rings is 1. The number of aromatic carboxylic acids is 1. The average molecular weight is 342 g/mol. The van der Waals surface area contributed by atoms with Crippen LogP contribution in [-0.2, 0) is 0 Å². The zero-order chi connectivity index (χ0) is 18.0. The summed E-state index contributed by atoms with van der Waals surface area (Å²) < 4.78 is 21.5. The summed E-state index contributed by atoms with van der Waals surface area (Å²) in [6, 6.07) is 3.85. The molecule has 2 heterocycles. The molecule has 126 valence electrons. The highest BCUT2D eigenvalue weighted by atomic mass is 19.1. The lowest BCUT2D eigenvalue weighted by Crippen LogP contribution is -2.21. The number of carbonyl (C=O) groups is 1. The van der Waals surface area contributed by atoms with E-state index in [2.05, 4.69) is 0 Å². The number of carboxylic acids is 1. The maximum absolute atomic E-state index is 14.6. The number of anilines is 1. The monoisotopic (exact) mass is 342 g/mol. The van der Waals surface area contributed by atoms with E-state index in [0.717, 1.165) is 6.20 Å². The molecule has 7 nitrogen and oxygen atoms in total. The quantitative estimate of drug-likeness (QED) is 0.362. The second kappa shape index (κ2) is 4.73. The number of aryl methyl sites for hydroxylation is 1. The van der Waals surface area contributed by atoms with E-state index >= 15 is 0 Å². The molecule has 0 radical (unpaired) electrons. The number of hydrogen-bond donors (Lipinski definition) is 3. The summed E-state index contributed by atoms with van der Waals surface area (Å²) in [5.74, 6) is -2.38. The molecule has 3 aromatic rings. The zero-order valence-corrected chi connectivity index (χ0v) is 12.8. The SMILES string of the molecule is Cc1cc2c(=O)c(C(=O)O)cn3c2c(c1F)Oc1cc(N)c(O)cc1-3. The first-order chi connectivity index (χ1) is 11.8. The summed E-state index contributed by atoms with van der Waals surface area (Å²) in [7, 11) is 0. The average Bonchev–Trinajstić information content (AvgIpc) is 2.55. The predicted molar refractivity (Wildman–Crippen MR) is 87.4 cm³/mol. The summed E-state index contributed by atoms with van der Waals surface area (Å²) >= 11 is 0. The number of phenols is 1. The number of hydrogen-bond acceptors (Lipinski definition) is 5. The van der Waals surface area contributed by atoms with Crippen LogP contribution in [0, 0.1) is 12.7 Å². The summed E-state index contributed by atoms with van der Waals surface area (Å²) in [4.78, 5) is 23.9. The van der Waals surface area contributed by atoms with Crippen LogP contribution in [-0.4, -0.2) is 20.7 Å². The van der Waals surface area contributed by atoms with E-state index in [0.29, 0.717) is 0 Å². The highest BCUT2D eigenvalue weighted by Crippen LogP contribution is 2.44. The molecule has 4 N–H and O–H groups in total. The Morgan fingerprint density at radius 2 is 2.04 bits per heavy atom. The number of nitrogens with zero attached hydrogens (tertiary/aromatic N) is 1. The Balaban J connectivity index is 2.26. The number of aromatic hydroxyl groups is 1. The minimum atomic E-state index is -1.41. The fourth-order valence-electron chi connectivity index (χ4n) is 2.95. The van der Waals surface area contributed by atoms with Gasteiger partial charge in [-0.25, -0.2) is 9.18 Å². The summed E-state index contributed by atoms with van der Waals surface area (Å²) in [5.41, 5.74) is 4.93. The van der Waals surface area contributed by atoms with E-state index in [1.807, 2.05) is 0 Å². The molecule has 0 saturated heterocycles. The molecule has 1 aromatic heterocycles. The van der Waals surface area contributed by atoms with Crippen LogP contribution in [0.15, 0.2) is 29.2 Å². The molecule has 25 heavy (non-hydrogen) atoms. The normalized spacial score (nSPS) is 11.9. The van der Waals surface area contributed by atoms with Crippen molar-refractivity contribution in [2.24, 2.45) is 0 Å². The molecular weight excluding hydrogens is 331 g/mol. The highest BCUT2D eigenvalue weighted by molar-refractivity contribution is 5.96. The summed E-state index contributed by atoms with van der Waals surface area (Å²) in [6.45, 7) is 1.45. The Hall–Kier alpha value is -3.55. The van der Waals surface area contributed by atoms with Crippen molar-refractivity contribution < 1.29 is 24.1 Å². The number of nitrogen functional groups attached to an aromatic ring is 1. The van der Waals surface area contributed by atoms with Crippen molar-refractivity contribution in [2.45, 2.75) is 6.92 Å². The van der Waals surface area contributed by atoms with Gasteiger partial charge in [0.25, 0.3) is 0 Å². The Morgan fingerprint density at radius 3 is 2.72 bits per heavy atom. The molecule has 0 atom stereocenters. The van der Waals surface area contributed by atoms with E-state index in [1.54, 1.807) is 0 Å². The first kappa shape index (κ1) is 15.0. The second-order valence-electron chi connectivity index (χ2n) is 5.76. The molecule has 2 aromatic carbocycles. The van der Waals surface area contributed by atoms with Gasteiger partial charge in [0.15, 0.2) is 17.3 Å². The first-order valence-corrected chi connectivity index (χ1v) is 7.22. The van der Waals surface area contributed by atoms with Crippen LogP contribution in [0.25, 0.3) is 16.6 Å². The number of halogens is 1. The molecule has 0 aliphatic carbocycles. The molecule has 0 saturated carbocycles. The van der Waals surface area contributed by atoms with Crippen molar-refractivity contribution in [3.63, 3.8) is 0 Å². The summed E-state index contributed by atoms with van der Waals surface area (Å²) in [5, 5.41) is 19.2. The van der Waals surface area contributed by atoms with Gasteiger partial charge < -0.3 is 25.3 Å². The summed E-state index contributed by atoms with van der Waals surface area (Å²) in [6.07, 6.45) is 1.09. The molecule has 0 spiro atoms. The van der Waals surface area contributed by atoms with Crippen molar-refractivity contribution in [1.29, 1.82) is 0 Å². The highest BCUT2D eigenvalue weighted by Gasteiger charge is 2.28. The van der Waals surface area contributed by atoms with Gasteiger partial charge in [-0.05, 0) is 18.6 Å². The largest absolute Gasteiger partial charge is 0.506 e. The number of rotatable bonds is 1. The van der Waals surface area contributed by atoms with Crippen LogP contribution in [0.1, 0.15) is 15.9 Å². The lowest BCUT2D eigenvalue weighted by molar-refractivity contribution is 0.0695. The predicted octanol–water partition coefficient (Wildman–Crippen LogP) is 2.53. The van der Waals surface area contributed by atoms with Crippen LogP contribution in [0.2, 0.25) is 0 Å². The van der Waals surface area contributed by atoms with Gasteiger partial charge >= 0.3 is 5.97 Å². The minimum absolute atomic E-state index is 0.00997. The lowest BCUT2D eigenvalue weighted by Gasteiger charge is -2.25. The van der Waals surface area contributed by atoms with Crippen LogP contribution < -0.4 is 15.9 Å². The number of aromatic nitrogens is 1. The standard InChI is InChI=1S/C17H11FN2O5/c1-6-2-7-14-16(13(6)18)25-12-3-9(19)11(21)4-10(12)20(14)5-8(15(7)22)17(23)24/h2-5,21H,19H2,1H3,(H,23,24). The van der Waals surface area contributed by atoms with Crippen LogP contribution in [0.5, 0.6) is 17.2 Å². The Labute approximate surface area is 139 Å². The van der Waals surface area contributed by atoms with Crippen molar-refractivity contribution in [2.75, 3.05) is 5.73 Å². The van der Waals surface area contributed by atoms with E-state index in [4.69, 9.17) is 10.5 Å². The molecular formula is C17H11FN2O5. The van der Waals surface area contributed by atoms with E-state index in [-0.39, 0.29) is 45.1 Å². The first-order valence-electron chi connectivity index (χ1n) is 7.22. The number of fused-ring (bicyclic) bond motifs is 2. The number of ether oxygens (including phenoxy) is 1. The number of nitrogens with two attached hydrogens (primary N) is 1. The molecule has 4 rings (SSSR count). The van der Waals surface area contributed by atoms with Crippen LogP contribution in [0.4, 0.5) is 10.1 Å². The molecule has 0 bridgehead atoms. The fourth-order valence-corrected chi connectivity index (χ4v) is 2.95. The smallest absolute Gasteiger partial charge is 0.341 e. The minimum Gasteiger partial charge on any atom is -0.506 e. The van der Waals surface area contributed by atoms with Crippen molar-refractivity contribution >= 4 is 22.6 Å². The third-order valence-electron chi connectivity index (χ3n) is 4.18. The number of phenolic OH excluding ortho intramolecular Hbond substituents is 1. The van der Waals surface area contributed by atoms with Gasteiger partial charge in [0.2, 0.25) is 5.43 Å². The van der Waals surface area contributed by atoms with Crippen LogP contribution in [0.3, 0.4) is 0 Å². The van der Waals surface area contributed by atoms with Gasteiger partial charge in [-0.2, -0.15) is 0 Å². The van der Waals surface area contributed by atoms with E-state index < -0.39 is 22.8 Å². The number of benzene rings is 2. The van der Waals surface area contributed by atoms with Gasteiger partial charge in [0.05, 0.1) is 16.8 Å². The maximum Gasteiger partial charge on any atom is 0.341 e. The Morgan fingerprint density at radius 1 is 1.32 bits per heavy atom.